The van der Waals surface area contributed by atoms with Crippen molar-refractivity contribution in [3.63, 3.8) is 0 Å². The van der Waals surface area contributed by atoms with Crippen LogP contribution in [0.3, 0.4) is 0 Å². The van der Waals surface area contributed by atoms with E-state index in [9.17, 15) is 0 Å². The average Bonchev–Trinajstić information content (AvgIpc) is 2.40. The summed E-state index contributed by atoms with van der Waals surface area (Å²) in [4.78, 5) is 6.57. The molecule has 0 aliphatic carbocycles. The Kier molecular flexibility index (Phi) is 4.31. The van der Waals surface area contributed by atoms with Crippen LogP contribution < -0.4 is 5.73 Å². The highest BCUT2D eigenvalue weighted by Crippen LogP contribution is 2.21. The molecular weight excluding hydrogens is 224 g/mol. The summed E-state index contributed by atoms with van der Waals surface area (Å²) >= 11 is 0. The summed E-state index contributed by atoms with van der Waals surface area (Å²) in [6, 6.07) is 3.94. The Morgan fingerprint density at radius 3 is 2.83 bits per heavy atom. The lowest BCUT2D eigenvalue weighted by Crippen LogP contribution is -2.33. The van der Waals surface area contributed by atoms with Gasteiger partial charge in [-0.15, -0.1) is 0 Å². The van der Waals surface area contributed by atoms with Crippen molar-refractivity contribution < 1.29 is 0 Å². The molecule has 98 valence electrons. The number of rotatable bonds is 4. The van der Waals surface area contributed by atoms with Crippen molar-refractivity contribution in [1.82, 2.24) is 9.88 Å². The Labute approximate surface area is 109 Å². The Hall–Kier alpha value is -1.42. The van der Waals surface area contributed by atoms with E-state index < -0.39 is 0 Å². The van der Waals surface area contributed by atoms with Crippen LogP contribution in [-0.4, -0.2) is 28.8 Å². The van der Waals surface area contributed by atoms with Gasteiger partial charge < -0.3 is 5.73 Å². The van der Waals surface area contributed by atoms with Gasteiger partial charge in [0.2, 0.25) is 0 Å². The summed E-state index contributed by atoms with van der Waals surface area (Å²) in [5, 5.41) is 7.40. The summed E-state index contributed by atoms with van der Waals surface area (Å²) in [6.07, 6.45) is 5.66. The van der Waals surface area contributed by atoms with Crippen molar-refractivity contribution in [2.24, 2.45) is 11.7 Å². The summed E-state index contributed by atoms with van der Waals surface area (Å²) in [6.45, 7) is 5.58. The Balaban J connectivity index is 1.94. The summed E-state index contributed by atoms with van der Waals surface area (Å²) in [7, 11) is 0. The quantitative estimate of drug-likeness (QED) is 0.630. The molecule has 0 amide bonds. The molecule has 0 unspecified atom stereocenters. The molecule has 1 aliphatic heterocycles. The Morgan fingerprint density at radius 2 is 2.22 bits per heavy atom. The van der Waals surface area contributed by atoms with Crippen LogP contribution in [0.4, 0.5) is 0 Å². The standard InChI is InChI=1S/C14H22N4/c1-2-11-4-7-18(8-5-11)10-12-3-6-17-13(9-12)14(15)16/h3,6,9,11H,2,4-5,7-8,10H2,1H3,(H3,15,16). The second-order valence-electron chi connectivity index (χ2n) is 5.09. The minimum atomic E-state index is 0.0431. The molecular formula is C14H22N4. The number of pyridine rings is 1. The van der Waals surface area contributed by atoms with E-state index in [0.29, 0.717) is 5.69 Å². The normalized spacial score (nSPS) is 17.8. The molecule has 4 nitrogen and oxygen atoms in total. The first-order chi connectivity index (χ1) is 8.69. The van der Waals surface area contributed by atoms with E-state index in [4.69, 9.17) is 11.1 Å². The van der Waals surface area contributed by atoms with Gasteiger partial charge in [-0.25, -0.2) is 0 Å². The van der Waals surface area contributed by atoms with Gasteiger partial charge in [0.1, 0.15) is 11.5 Å². The van der Waals surface area contributed by atoms with Crippen LogP contribution in [0, 0.1) is 11.3 Å². The first-order valence-electron chi connectivity index (χ1n) is 6.70. The van der Waals surface area contributed by atoms with Gasteiger partial charge in [0, 0.05) is 12.7 Å². The minimum Gasteiger partial charge on any atom is -0.382 e. The van der Waals surface area contributed by atoms with Gasteiger partial charge >= 0.3 is 0 Å². The van der Waals surface area contributed by atoms with Crippen LogP contribution in [0.15, 0.2) is 18.3 Å². The molecule has 18 heavy (non-hydrogen) atoms. The molecule has 0 atom stereocenters. The number of amidine groups is 1. The minimum absolute atomic E-state index is 0.0431. The maximum Gasteiger partial charge on any atom is 0.141 e. The second-order valence-corrected chi connectivity index (χ2v) is 5.09. The molecule has 2 rings (SSSR count). The smallest absolute Gasteiger partial charge is 0.141 e. The molecule has 1 aliphatic rings. The highest BCUT2D eigenvalue weighted by molar-refractivity contribution is 5.93. The van der Waals surface area contributed by atoms with Crippen LogP contribution in [0.1, 0.15) is 37.4 Å². The number of nitrogens with zero attached hydrogens (tertiary/aromatic N) is 2. The molecule has 0 spiro atoms. The highest BCUT2D eigenvalue weighted by Gasteiger charge is 2.17. The fourth-order valence-corrected chi connectivity index (χ4v) is 2.53. The lowest BCUT2D eigenvalue weighted by molar-refractivity contribution is 0.175. The van der Waals surface area contributed by atoms with Gasteiger partial charge in [-0.2, -0.15) is 0 Å². The van der Waals surface area contributed by atoms with Gasteiger partial charge in [0.05, 0.1) is 0 Å². The molecule has 0 aromatic carbocycles. The highest BCUT2D eigenvalue weighted by atomic mass is 15.1. The van der Waals surface area contributed by atoms with Crippen molar-refractivity contribution >= 4 is 5.84 Å². The zero-order valence-corrected chi connectivity index (χ0v) is 11.0. The number of nitrogens with two attached hydrogens (primary N) is 1. The van der Waals surface area contributed by atoms with Gasteiger partial charge in [0.15, 0.2) is 0 Å². The first-order valence-corrected chi connectivity index (χ1v) is 6.70. The third kappa shape index (κ3) is 3.29. The first kappa shape index (κ1) is 13.0. The number of hydrogen-bond acceptors (Lipinski definition) is 3. The van der Waals surface area contributed by atoms with Crippen LogP contribution in [0.2, 0.25) is 0 Å². The van der Waals surface area contributed by atoms with E-state index in [0.717, 1.165) is 12.5 Å². The molecule has 1 aromatic heterocycles. The molecule has 0 saturated carbocycles. The van der Waals surface area contributed by atoms with E-state index in [-0.39, 0.29) is 5.84 Å². The summed E-state index contributed by atoms with van der Waals surface area (Å²) in [5.41, 5.74) is 7.24. The maximum atomic E-state index is 7.40. The Bertz CT molecular complexity index is 408. The second kappa shape index (κ2) is 5.96. The number of aromatic nitrogens is 1. The van der Waals surface area contributed by atoms with Crippen molar-refractivity contribution in [3.05, 3.63) is 29.6 Å². The zero-order chi connectivity index (χ0) is 13.0. The lowest BCUT2D eigenvalue weighted by Gasteiger charge is -2.31. The molecule has 0 bridgehead atoms. The molecule has 1 fully saturated rings. The molecule has 4 heteroatoms. The largest absolute Gasteiger partial charge is 0.382 e. The van der Waals surface area contributed by atoms with Gasteiger partial charge in [-0.3, -0.25) is 15.3 Å². The van der Waals surface area contributed by atoms with Crippen molar-refractivity contribution in [1.29, 1.82) is 5.41 Å². The van der Waals surface area contributed by atoms with Crippen LogP contribution >= 0.6 is 0 Å². The fourth-order valence-electron chi connectivity index (χ4n) is 2.53. The van der Waals surface area contributed by atoms with Crippen LogP contribution in [0.5, 0.6) is 0 Å². The van der Waals surface area contributed by atoms with E-state index in [1.54, 1.807) is 6.20 Å². The predicted molar refractivity (Wildman–Crippen MR) is 73.5 cm³/mol. The van der Waals surface area contributed by atoms with E-state index in [1.165, 1.54) is 37.9 Å². The third-order valence-electron chi connectivity index (χ3n) is 3.79. The summed E-state index contributed by atoms with van der Waals surface area (Å²) in [5.74, 6) is 0.952. The summed E-state index contributed by atoms with van der Waals surface area (Å²) < 4.78 is 0. The molecule has 3 N–H and O–H groups in total. The molecule has 1 saturated heterocycles. The predicted octanol–water partition coefficient (Wildman–Crippen LogP) is 1.99. The topological polar surface area (TPSA) is 66.0 Å². The van der Waals surface area contributed by atoms with Crippen molar-refractivity contribution in [2.75, 3.05) is 13.1 Å². The van der Waals surface area contributed by atoms with Gasteiger partial charge in [0.25, 0.3) is 0 Å². The number of nitrogens with one attached hydrogen (secondary N) is 1. The van der Waals surface area contributed by atoms with E-state index >= 15 is 0 Å². The van der Waals surface area contributed by atoms with Crippen molar-refractivity contribution in [2.45, 2.75) is 32.7 Å². The van der Waals surface area contributed by atoms with Crippen LogP contribution in [0.25, 0.3) is 0 Å². The number of piperidine rings is 1. The maximum absolute atomic E-state index is 7.40. The number of nitrogen functional groups attached to an aromatic ring is 1. The molecule has 1 aromatic rings. The van der Waals surface area contributed by atoms with Crippen molar-refractivity contribution in [3.8, 4) is 0 Å². The van der Waals surface area contributed by atoms with E-state index in [1.807, 2.05) is 12.1 Å². The zero-order valence-electron chi connectivity index (χ0n) is 11.0. The molecule has 2 heterocycles. The number of likely N-dealkylation sites (tertiary alicyclic amines) is 1. The monoisotopic (exact) mass is 246 g/mol. The van der Waals surface area contributed by atoms with Gasteiger partial charge in [-0.05, 0) is 49.5 Å². The lowest BCUT2D eigenvalue weighted by atomic mass is 9.94. The number of hydrogen-bond donors (Lipinski definition) is 2. The fraction of sp³-hybridized carbons (Fsp3) is 0.571. The molecule has 0 radical (unpaired) electrons. The van der Waals surface area contributed by atoms with Crippen LogP contribution in [-0.2, 0) is 6.54 Å². The van der Waals surface area contributed by atoms with Gasteiger partial charge in [-0.1, -0.05) is 13.3 Å². The Morgan fingerprint density at radius 1 is 1.50 bits per heavy atom. The average molecular weight is 246 g/mol. The third-order valence-corrected chi connectivity index (χ3v) is 3.79. The SMILES string of the molecule is CCC1CCN(Cc2ccnc(C(=N)N)c2)CC1. The van der Waals surface area contributed by atoms with E-state index in [2.05, 4.69) is 16.8 Å².